The largest absolute Gasteiger partial charge is 0.497 e. The van der Waals surface area contributed by atoms with E-state index in [1.807, 2.05) is 66.9 Å². The second-order valence-electron chi connectivity index (χ2n) is 8.45. The number of ether oxygens (including phenoxy) is 1. The van der Waals surface area contributed by atoms with E-state index >= 15 is 0 Å². The third-order valence-corrected chi connectivity index (χ3v) is 6.08. The molecule has 0 radical (unpaired) electrons. The zero-order valence-corrected chi connectivity index (χ0v) is 18.6. The molecule has 1 aromatic heterocycles. The quantitative estimate of drug-likeness (QED) is 0.577. The lowest BCUT2D eigenvalue weighted by molar-refractivity contribution is -0.121. The predicted octanol–water partition coefficient (Wildman–Crippen LogP) is 4.40. The van der Waals surface area contributed by atoms with Crippen molar-refractivity contribution in [1.82, 2.24) is 15.2 Å². The summed E-state index contributed by atoms with van der Waals surface area (Å²) in [4.78, 5) is 20.0. The zero-order valence-electron chi connectivity index (χ0n) is 18.6. The van der Waals surface area contributed by atoms with Crippen LogP contribution in [0.5, 0.6) is 5.75 Å². The van der Waals surface area contributed by atoms with Crippen LogP contribution in [0.1, 0.15) is 35.7 Å². The van der Waals surface area contributed by atoms with Gasteiger partial charge in [-0.1, -0.05) is 48.5 Å². The molecule has 1 N–H and O–H groups in total. The Morgan fingerprint density at radius 3 is 2.69 bits per heavy atom. The molecule has 1 fully saturated rings. The fourth-order valence-electron chi connectivity index (χ4n) is 4.53. The van der Waals surface area contributed by atoms with Crippen LogP contribution >= 0.6 is 0 Å². The Kier molecular flexibility index (Phi) is 7.51. The molecule has 2 heterocycles. The lowest BCUT2D eigenvalue weighted by atomic mass is 9.88. The van der Waals surface area contributed by atoms with Gasteiger partial charge in [-0.2, -0.15) is 0 Å². The van der Waals surface area contributed by atoms with Gasteiger partial charge >= 0.3 is 0 Å². The molecule has 0 unspecified atom stereocenters. The molecule has 1 aliphatic heterocycles. The highest BCUT2D eigenvalue weighted by Crippen LogP contribution is 2.30. The molecule has 1 saturated heterocycles. The van der Waals surface area contributed by atoms with E-state index in [4.69, 9.17) is 4.74 Å². The predicted molar refractivity (Wildman–Crippen MR) is 126 cm³/mol. The van der Waals surface area contributed by atoms with Crippen LogP contribution in [0.4, 0.5) is 0 Å². The van der Waals surface area contributed by atoms with E-state index < -0.39 is 0 Å². The molecule has 5 heteroatoms. The van der Waals surface area contributed by atoms with Crippen LogP contribution in [0, 0.1) is 5.92 Å². The molecule has 0 spiro atoms. The smallest absolute Gasteiger partial charge is 0.224 e. The number of likely N-dealkylation sites (tertiary alicyclic amines) is 1. The van der Waals surface area contributed by atoms with Gasteiger partial charge in [-0.05, 0) is 60.7 Å². The molecule has 1 aliphatic rings. The first-order chi connectivity index (χ1) is 15.7. The molecule has 3 aromatic rings. The molecule has 2 atom stereocenters. The van der Waals surface area contributed by atoms with E-state index in [-0.39, 0.29) is 11.9 Å². The summed E-state index contributed by atoms with van der Waals surface area (Å²) in [5.74, 6) is 1.23. The van der Waals surface area contributed by atoms with Gasteiger partial charge in [-0.3, -0.25) is 14.7 Å². The highest BCUT2D eigenvalue weighted by atomic mass is 16.5. The maximum Gasteiger partial charge on any atom is 0.224 e. The number of hydrogen-bond donors (Lipinski definition) is 1. The number of amides is 1. The molecule has 2 aromatic carbocycles. The van der Waals surface area contributed by atoms with Crippen LogP contribution in [-0.2, 0) is 17.8 Å². The van der Waals surface area contributed by atoms with Crippen molar-refractivity contribution in [3.63, 3.8) is 0 Å². The minimum Gasteiger partial charge on any atom is -0.497 e. The molecule has 32 heavy (non-hydrogen) atoms. The Morgan fingerprint density at radius 1 is 1.09 bits per heavy atom. The Balaban J connectivity index is 1.47. The first-order valence-corrected chi connectivity index (χ1v) is 11.3. The number of aromatic nitrogens is 1. The number of nitrogens with zero attached hydrogens (tertiary/aromatic N) is 2. The SMILES string of the molecule is COc1cccc(CN2CCC[C@H]([C@H](NC(=O)Cc3ccccc3)c3ccccn3)C2)c1. The molecule has 166 valence electrons. The number of piperidine rings is 1. The van der Waals surface area contributed by atoms with Crippen LogP contribution in [0.15, 0.2) is 79.0 Å². The van der Waals surface area contributed by atoms with Crippen molar-refractivity contribution >= 4 is 5.91 Å². The van der Waals surface area contributed by atoms with E-state index in [1.54, 1.807) is 7.11 Å². The van der Waals surface area contributed by atoms with Crippen molar-refractivity contribution in [2.75, 3.05) is 20.2 Å². The van der Waals surface area contributed by atoms with E-state index in [2.05, 4.69) is 27.3 Å². The molecule has 0 saturated carbocycles. The standard InChI is InChI=1S/C27H31N3O2/c1-32-24-13-7-11-22(17-24)19-30-16-8-12-23(20-30)27(25-14-5-6-15-28-25)29-26(31)18-21-9-3-2-4-10-21/h2-7,9-11,13-15,17,23,27H,8,12,16,18-20H2,1H3,(H,29,31)/t23-,27-/m0/s1. The lowest BCUT2D eigenvalue weighted by Crippen LogP contribution is -2.43. The average molecular weight is 430 g/mol. The van der Waals surface area contributed by atoms with Gasteiger partial charge in [-0.25, -0.2) is 0 Å². The monoisotopic (exact) mass is 429 g/mol. The number of pyridine rings is 1. The second kappa shape index (κ2) is 10.9. The van der Waals surface area contributed by atoms with Crippen molar-refractivity contribution in [3.05, 3.63) is 95.8 Å². The van der Waals surface area contributed by atoms with E-state index in [1.165, 1.54) is 5.56 Å². The van der Waals surface area contributed by atoms with Crippen LogP contribution < -0.4 is 10.1 Å². The summed E-state index contributed by atoms with van der Waals surface area (Å²) in [7, 11) is 1.70. The Morgan fingerprint density at radius 2 is 1.91 bits per heavy atom. The molecule has 4 rings (SSSR count). The lowest BCUT2D eigenvalue weighted by Gasteiger charge is -2.37. The van der Waals surface area contributed by atoms with Gasteiger partial charge in [0.1, 0.15) is 5.75 Å². The van der Waals surface area contributed by atoms with Crippen molar-refractivity contribution < 1.29 is 9.53 Å². The average Bonchev–Trinajstić information content (AvgIpc) is 2.84. The van der Waals surface area contributed by atoms with Crippen LogP contribution in [0.25, 0.3) is 0 Å². The normalized spacial score (nSPS) is 17.5. The third-order valence-electron chi connectivity index (χ3n) is 6.08. The number of rotatable bonds is 8. The molecule has 0 bridgehead atoms. The summed E-state index contributed by atoms with van der Waals surface area (Å²) in [6, 6.07) is 24.0. The Labute approximate surface area is 190 Å². The highest BCUT2D eigenvalue weighted by molar-refractivity contribution is 5.79. The van der Waals surface area contributed by atoms with Gasteiger partial charge < -0.3 is 10.1 Å². The number of carbonyl (C=O) groups excluding carboxylic acids is 1. The highest BCUT2D eigenvalue weighted by Gasteiger charge is 2.30. The Bertz CT molecular complexity index is 994. The van der Waals surface area contributed by atoms with Gasteiger partial charge in [0.2, 0.25) is 5.91 Å². The number of hydrogen-bond acceptors (Lipinski definition) is 4. The van der Waals surface area contributed by atoms with Crippen molar-refractivity contribution in [3.8, 4) is 5.75 Å². The molecular formula is C27H31N3O2. The topological polar surface area (TPSA) is 54.5 Å². The van der Waals surface area contributed by atoms with Gasteiger partial charge in [0, 0.05) is 19.3 Å². The minimum atomic E-state index is -0.0967. The van der Waals surface area contributed by atoms with Gasteiger partial charge in [-0.15, -0.1) is 0 Å². The minimum absolute atomic E-state index is 0.0387. The molecular weight excluding hydrogens is 398 g/mol. The van der Waals surface area contributed by atoms with Crippen molar-refractivity contribution in [2.24, 2.45) is 5.92 Å². The molecule has 1 amide bonds. The number of methoxy groups -OCH3 is 1. The molecule has 0 aliphatic carbocycles. The van der Waals surface area contributed by atoms with E-state index in [0.717, 1.165) is 49.5 Å². The Hall–Kier alpha value is -3.18. The summed E-state index contributed by atoms with van der Waals surface area (Å²) < 4.78 is 5.38. The van der Waals surface area contributed by atoms with E-state index in [9.17, 15) is 4.79 Å². The van der Waals surface area contributed by atoms with Crippen LogP contribution in [-0.4, -0.2) is 36.0 Å². The maximum atomic E-state index is 12.9. The summed E-state index contributed by atoms with van der Waals surface area (Å²) in [5.41, 5.74) is 3.20. The summed E-state index contributed by atoms with van der Waals surface area (Å²) in [5, 5.41) is 3.31. The van der Waals surface area contributed by atoms with Gasteiger partial charge in [0.25, 0.3) is 0 Å². The summed E-state index contributed by atoms with van der Waals surface area (Å²) >= 11 is 0. The van der Waals surface area contributed by atoms with Gasteiger partial charge in [0.15, 0.2) is 0 Å². The fraction of sp³-hybridized carbons (Fsp3) is 0.333. The number of nitrogens with one attached hydrogen (secondary N) is 1. The second-order valence-corrected chi connectivity index (χ2v) is 8.45. The van der Waals surface area contributed by atoms with Crippen LogP contribution in [0.2, 0.25) is 0 Å². The van der Waals surface area contributed by atoms with Crippen LogP contribution in [0.3, 0.4) is 0 Å². The number of benzene rings is 2. The van der Waals surface area contributed by atoms with Gasteiger partial charge in [0.05, 0.1) is 25.3 Å². The molecule has 5 nitrogen and oxygen atoms in total. The fourth-order valence-corrected chi connectivity index (χ4v) is 4.53. The maximum absolute atomic E-state index is 12.9. The van der Waals surface area contributed by atoms with Crippen molar-refractivity contribution in [2.45, 2.75) is 31.8 Å². The summed E-state index contributed by atoms with van der Waals surface area (Å²) in [6.07, 6.45) is 4.36. The van der Waals surface area contributed by atoms with E-state index in [0.29, 0.717) is 12.3 Å². The summed E-state index contributed by atoms with van der Waals surface area (Å²) in [6.45, 7) is 2.85. The first kappa shape index (κ1) is 22.0. The number of carbonyl (C=O) groups is 1. The zero-order chi connectivity index (χ0) is 22.2. The third kappa shape index (κ3) is 5.95. The first-order valence-electron chi connectivity index (χ1n) is 11.3. The van der Waals surface area contributed by atoms with Crippen molar-refractivity contribution in [1.29, 1.82) is 0 Å².